The van der Waals surface area contributed by atoms with Gasteiger partial charge in [0, 0.05) is 29.7 Å². The molecule has 3 saturated carbocycles. The summed E-state index contributed by atoms with van der Waals surface area (Å²) >= 11 is 0. The lowest BCUT2D eigenvalue weighted by Gasteiger charge is -2.57. The van der Waals surface area contributed by atoms with Gasteiger partial charge in [-0.3, -0.25) is 4.79 Å². The standard InChI is InChI=1S/C30H38O5/c1-3-11-29(33)13-9-24-22-8-12-28(32)19-30(34-15-16-35-30)14-10-25(28)26(22)23(17-27(24,29)2)21-6-4-20(18-31)5-7-21/h3-7,11,18,22-24,32-33H,8-10,12-17,19H2,1-2H3/t22?,23-,24?,27+,28-,29+/m1/s1. The Morgan fingerprint density at radius 1 is 1.03 bits per heavy atom. The van der Waals surface area contributed by atoms with Crippen molar-refractivity contribution in [3.63, 3.8) is 0 Å². The first-order chi connectivity index (χ1) is 16.8. The molecule has 1 aromatic carbocycles. The monoisotopic (exact) mass is 478 g/mol. The third kappa shape index (κ3) is 3.38. The average molecular weight is 479 g/mol. The number of hydrogen-bond acceptors (Lipinski definition) is 5. The highest BCUT2D eigenvalue weighted by atomic mass is 16.7. The van der Waals surface area contributed by atoms with Crippen LogP contribution in [0.1, 0.15) is 87.1 Å². The molecule has 4 fully saturated rings. The summed E-state index contributed by atoms with van der Waals surface area (Å²) < 4.78 is 12.1. The van der Waals surface area contributed by atoms with Gasteiger partial charge >= 0.3 is 0 Å². The number of rotatable bonds is 3. The summed E-state index contributed by atoms with van der Waals surface area (Å²) in [7, 11) is 0. The number of aliphatic hydroxyl groups is 2. The fraction of sp³-hybridized carbons (Fsp3) is 0.633. The van der Waals surface area contributed by atoms with Gasteiger partial charge in [-0.15, -0.1) is 0 Å². The topological polar surface area (TPSA) is 76.0 Å². The Morgan fingerprint density at radius 2 is 1.77 bits per heavy atom. The molecule has 2 N–H and O–H groups in total. The second-order valence-corrected chi connectivity index (χ2v) is 11.9. The third-order valence-corrected chi connectivity index (χ3v) is 10.4. The maximum atomic E-state index is 12.1. The summed E-state index contributed by atoms with van der Waals surface area (Å²) in [6.45, 7) is 5.47. The lowest BCUT2D eigenvalue weighted by atomic mass is 9.49. The first-order valence-corrected chi connectivity index (χ1v) is 13.4. The molecule has 0 amide bonds. The van der Waals surface area contributed by atoms with E-state index in [-0.39, 0.29) is 11.3 Å². The number of hydrogen-bond donors (Lipinski definition) is 2. The summed E-state index contributed by atoms with van der Waals surface area (Å²) in [5.74, 6) is 0.197. The molecular weight excluding hydrogens is 440 g/mol. The maximum Gasteiger partial charge on any atom is 0.171 e. The summed E-state index contributed by atoms with van der Waals surface area (Å²) in [4.78, 5) is 11.3. The van der Waals surface area contributed by atoms with Crippen LogP contribution < -0.4 is 0 Å². The number of benzene rings is 1. The zero-order valence-electron chi connectivity index (χ0n) is 21.0. The van der Waals surface area contributed by atoms with Gasteiger partial charge in [-0.1, -0.05) is 48.9 Å². The average Bonchev–Trinajstić information content (AvgIpc) is 3.40. The Kier molecular flexibility index (Phi) is 5.47. The van der Waals surface area contributed by atoms with E-state index in [1.807, 2.05) is 31.2 Å². The number of fused-ring (bicyclic) bond motifs is 4. The van der Waals surface area contributed by atoms with E-state index in [4.69, 9.17) is 9.47 Å². The molecular formula is C30H38O5. The predicted molar refractivity (Wildman–Crippen MR) is 133 cm³/mol. The summed E-state index contributed by atoms with van der Waals surface area (Å²) in [5.41, 5.74) is 2.48. The molecule has 2 unspecified atom stereocenters. The predicted octanol–water partition coefficient (Wildman–Crippen LogP) is 5.07. The van der Waals surface area contributed by atoms with Gasteiger partial charge in [0.1, 0.15) is 6.29 Å². The Bertz CT molecular complexity index is 1070. The molecule has 4 aliphatic carbocycles. The minimum atomic E-state index is -0.901. The second kappa shape index (κ2) is 8.11. The van der Waals surface area contributed by atoms with E-state index in [0.717, 1.165) is 51.2 Å². The third-order valence-electron chi connectivity index (χ3n) is 10.4. The molecule has 5 heteroatoms. The van der Waals surface area contributed by atoms with Crippen molar-refractivity contribution in [1.29, 1.82) is 0 Å². The van der Waals surface area contributed by atoms with Gasteiger partial charge in [-0.25, -0.2) is 0 Å². The van der Waals surface area contributed by atoms with Gasteiger partial charge in [-0.2, -0.15) is 0 Å². The fourth-order valence-electron chi connectivity index (χ4n) is 8.71. The molecule has 1 aromatic rings. The molecule has 0 aromatic heterocycles. The van der Waals surface area contributed by atoms with E-state index < -0.39 is 17.0 Å². The van der Waals surface area contributed by atoms with Gasteiger partial charge in [0.2, 0.25) is 0 Å². The van der Waals surface area contributed by atoms with Crippen LogP contribution >= 0.6 is 0 Å². The molecule has 0 radical (unpaired) electrons. The molecule has 35 heavy (non-hydrogen) atoms. The summed E-state index contributed by atoms with van der Waals surface area (Å²) in [5, 5.41) is 23.9. The smallest absolute Gasteiger partial charge is 0.171 e. The molecule has 5 aliphatic rings. The quantitative estimate of drug-likeness (QED) is 0.468. The van der Waals surface area contributed by atoms with Crippen LogP contribution in [0, 0.1) is 17.3 Å². The largest absolute Gasteiger partial charge is 0.385 e. The minimum absolute atomic E-state index is 0.109. The van der Waals surface area contributed by atoms with E-state index in [2.05, 4.69) is 19.1 Å². The molecule has 6 rings (SSSR count). The highest BCUT2D eigenvalue weighted by Gasteiger charge is 2.64. The van der Waals surface area contributed by atoms with Crippen molar-refractivity contribution in [3.05, 3.63) is 58.7 Å². The van der Waals surface area contributed by atoms with Crippen LogP contribution in [0.4, 0.5) is 0 Å². The molecule has 1 spiro atoms. The van der Waals surface area contributed by atoms with Crippen LogP contribution in [-0.4, -0.2) is 46.7 Å². The van der Waals surface area contributed by atoms with Crippen molar-refractivity contribution in [2.45, 2.75) is 88.1 Å². The highest BCUT2D eigenvalue weighted by molar-refractivity contribution is 5.74. The zero-order chi connectivity index (χ0) is 24.5. The Hall–Kier alpha value is -1.79. The van der Waals surface area contributed by atoms with Crippen LogP contribution in [-0.2, 0) is 9.47 Å². The van der Waals surface area contributed by atoms with Gasteiger partial charge < -0.3 is 19.7 Å². The van der Waals surface area contributed by atoms with Crippen molar-refractivity contribution in [3.8, 4) is 0 Å². The molecule has 188 valence electrons. The summed E-state index contributed by atoms with van der Waals surface area (Å²) in [6, 6.07) is 7.95. The van der Waals surface area contributed by atoms with E-state index in [1.54, 1.807) is 0 Å². The number of carbonyl (C=O) groups excluding carboxylic acids is 1. The van der Waals surface area contributed by atoms with E-state index >= 15 is 0 Å². The normalized spacial score (nSPS) is 42.2. The zero-order valence-corrected chi connectivity index (χ0v) is 21.0. The van der Waals surface area contributed by atoms with Crippen LogP contribution in [0.25, 0.3) is 0 Å². The lowest BCUT2D eigenvalue weighted by Crippen LogP contribution is -2.55. The first-order valence-electron chi connectivity index (χ1n) is 13.4. The molecule has 5 nitrogen and oxygen atoms in total. The Labute approximate surface area is 208 Å². The van der Waals surface area contributed by atoms with Crippen molar-refractivity contribution in [1.82, 2.24) is 0 Å². The van der Waals surface area contributed by atoms with Gasteiger partial charge in [0.15, 0.2) is 5.79 Å². The van der Waals surface area contributed by atoms with Crippen LogP contribution in [0.15, 0.2) is 47.6 Å². The van der Waals surface area contributed by atoms with Crippen molar-refractivity contribution in [2.75, 3.05) is 13.2 Å². The molecule has 1 heterocycles. The molecule has 0 bridgehead atoms. The van der Waals surface area contributed by atoms with E-state index in [1.165, 1.54) is 16.7 Å². The SMILES string of the molecule is CC=C[C@]1(O)CCC2C3CC[C@@]4(O)CC5(CCC4=C3[C@@H](c3ccc(C=O)cc3)C[C@@]21C)OCCO5. The first kappa shape index (κ1) is 23.6. The molecule has 1 saturated heterocycles. The minimum Gasteiger partial charge on any atom is -0.385 e. The van der Waals surface area contributed by atoms with E-state index in [0.29, 0.717) is 37.0 Å². The van der Waals surface area contributed by atoms with Crippen molar-refractivity contribution < 1.29 is 24.5 Å². The molecule has 6 atom stereocenters. The molecule has 1 aliphatic heterocycles. The van der Waals surface area contributed by atoms with Gasteiger partial charge in [0.05, 0.1) is 24.4 Å². The number of ether oxygens (including phenoxy) is 2. The number of allylic oxidation sites excluding steroid dienone is 2. The number of carbonyl (C=O) groups is 1. The summed E-state index contributed by atoms with van der Waals surface area (Å²) in [6.07, 6.45) is 11.2. The van der Waals surface area contributed by atoms with Crippen molar-refractivity contribution in [2.24, 2.45) is 17.3 Å². The Morgan fingerprint density at radius 3 is 2.46 bits per heavy atom. The van der Waals surface area contributed by atoms with Crippen molar-refractivity contribution >= 4 is 6.29 Å². The Balaban J connectivity index is 1.48. The lowest BCUT2D eigenvalue weighted by molar-refractivity contribution is -0.208. The number of aldehydes is 1. The van der Waals surface area contributed by atoms with Crippen LogP contribution in [0.3, 0.4) is 0 Å². The fourth-order valence-corrected chi connectivity index (χ4v) is 8.71. The highest BCUT2D eigenvalue weighted by Crippen LogP contribution is 2.68. The maximum absolute atomic E-state index is 12.1. The van der Waals surface area contributed by atoms with E-state index in [9.17, 15) is 15.0 Å². The second-order valence-electron chi connectivity index (χ2n) is 11.9. The van der Waals surface area contributed by atoms with Crippen LogP contribution in [0.5, 0.6) is 0 Å². The van der Waals surface area contributed by atoms with Gasteiger partial charge in [0.25, 0.3) is 0 Å². The van der Waals surface area contributed by atoms with Gasteiger partial charge in [-0.05, 0) is 68.4 Å². The van der Waals surface area contributed by atoms with Crippen LogP contribution in [0.2, 0.25) is 0 Å².